The Kier molecular flexibility index (Phi) is 3.08. The van der Waals surface area contributed by atoms with Gasteiger partial charge >= 0.3 is 0 Å². The van der Waals surface area contributed by atoms with Gasteiger partial charge in [-0.05, 0) is 12.0 Å². The molecule has 3 rings (SSSR count). The smallest absolute Gasteiger partial charge is 0.212 e. The number of benzene rings is 1. The van der Waals surface area contributed by atoms with E-state index in [1.807, 2.05) is 16.8 Å². The molecule has 0 spiro atoms. The second-order valence-corrected chi connectivity index (χ2v) is 5.19. The number of fused-ring (bicyclic) bond motifs is 1. The Morgan fingerprint density at radius 3 is 2.72 bits per heavy atom. The van der Waals surface area contributed by atoms with Gasteiger partial charge in [0.05, 0.1) is 11.9 Å². The number of nitrogens with two attached hydrogens (primary N) is 1. The van der Waals surface area contributed by atoms with E-state index in [4.69, 9.17) is 5.73 Å². The first-order chi connectivity index (χ1) is 8.85. The molecule has 0 amide bonds. The zero-order valence-corrected chi connectivity index (χ0v) is 10.7. The van der Waals surface area contributed by atoms with Crippen molar-refractivity contribution >= 4 is 16.3 Å². The average Bonchev–Trinajstić information content (AvgIpc) is 2.95. The Morgan fingerprint density at radius 2 is 2.00 bits per heavy atom. The van der Waals surface area contributed by atoms with Crippen molar-refractivity contribution in [1.82, 2.24) is 14.6 Å². The monoisotopic (exact) mass is 258 g/mol. The van der Waals surface area contributed by atoms with E-state index in [1.165, 1.54) is 5.56 Å². The first-order valence-corrected chi connectivity index (χ1v) is 6.75. The largest absolute Gasteiger partial charge is 0.325 e. The van der Waals surface area contributed by atoms with Crippen molar-refractivity contribution in [3.05, 3.63) is 52.8 Å². The second-order valence-electron chi connectivity index (χ2n) is 4.14. The van der Waals surface area contributed by atoms with Crippen LogP contribution in [0.1, 0.15) is 16.3 Å². The molecular formula is C13H14N4S. The predicted octanol–water partition coefficient (Wildman–Crippen LogP) is 2.03. The molecule has 1 aromatic carbocycles. The summed E-state index contributed by atoms with van der Waals surface area (Å²) in [5, 5.41) is 5.63. The van der Waals surface area contributed by atoms with E-state index in [1.54, 1.807) is 11.3 Å². The molecule has 0 saturated carbocycles. The molecule has 0 aliphatic heterocycles. The molecular weight excluding hydrogens is 244 g/mol. The lowest BCUT2D eigenvalue weighted by Crippen LogP contribution is -1.96. The van der Waals surface area contributed by atoms with Crippen LogP contribution in [0.2, 0.25) is 0 Å². The van der Waals surface area contributed by atoms with E-state index >= 15 is 0 Å². The quantitative estimate of drug-likeness (QED) is 0.779. The van der Waals surface area contributed by atoms with Crippen LogP contribution < -0.4 is 5.73 Å². The lowest BCUT2D eigenvalue weighted by Gasteiger charge is -1.97. The zero-order chi connectivity index (χ0) is 12.4. The summed E-state index contributed by atoms with van der Waals surface area (Å²) in [4.78, 5) is 5.33. The Labute approximate surface area is 109 Å². The average molecular weight is 258 g/mol. The van der Waals surface area contributed by atoms with Gasteiger partial charge in [0.25, 0.3) is 0 Å². The highest BCUT2D eigenvalue weighted by Crippen LogP contribution is 2.16. The summed E-state index contributed by atoms with van der Waals surface area (Å²) in [7, 11) is 0. The number of hydrogen-bond donors (Lipinski definition) is 1. The third-order valence-electron chi connectivity index (χ3n) is 2.81. The van der Waals surface area contributed by atoms with Gasteiger partial charge in [-0.3, -0.25) is 0 Å². The number of rotatable bonds is 4. The topological polar surface area (TPSA) is 56.2 Å². The van der Waals surface area contributed by atoms with Crippen molar-refractivity contribution in [1.29, 1.82) is 0 Å². The molecule has 18 heavy (non-hydrogen) atoms. The Morgan fingerprint density at radius 1 is 1.17 bits per heavy atom. The van der Waals surface area contributed by atoms with E-state index in [2.05, 4.69) is 34.3 Å². The highest BCUT2D eigenvalue weighted by atomic mass is 32.1. The van der Waals surface area contributed by atoms with Gasteiger partial charge in [-0.2, -0.15) is 5.10 Å². The maximum atomic E-state index is 5.55. The lowest BCUT2D eigenvalue weighted by molar-refractivity contribution is 0.863. The zero-order valence-electron chi connectivity index (χ0n) is 9.91. The Balaban J connectivity index is 1.73. The summed E-state index contributed by atoms with van der Waals surface area (Å²) in [6.45, 7) is 0.468. The van der Waals surface area contributed by atoms with Crippen molar-refractivity contribution in [2.75, 3.05) is 0 Å². The van der Waals surface area contributed by atoms with E-state index in [-0.39, 0.29) is 0 Å². The summed E-state index contributed by atoms with van der Waals surface area (Å²) in [5.74, 6) is 0. The Bertz CT molecular complexity index is 610. The minimum absolute atomic E-state index is 0.468. The van der Waals surface area contributed by atoms with Crippen LogP contribution in [0.15, 0.2) is 36.5 Å². The molecule has 0 fully saturated rings. The molecule has 4 nitrogen and oxygen atoms in total. The summed E-state index contributed by atoms with van der Waals surface area (Å²) in [6.07, 6.45) is 3.87. The number of aromatic nitrogens is 3. The number of nitrogens with zero attached hydrogens (tertiary/aromatic N) is 3. The maximum Gasteiger partial charge on any atom is 0.212 e. The summed E-state index contributed by atoms with van der Waals surface area (Å²) < 4.78 is 1.83. The van der Waals surface area contributed by atoms with Crippen LogP contribution in [0.25, 0.3) is 4.96 Å². The van der Waals surface area contributed by atoms with Gasteiger partial charge in [-0.1, -0.05) is 41.7 Å². The van der Waals surface area contributed by atoms with Crippen LogP contribution in [0.3, 0.4) is 0 Å². The third-order valence-corrected chi connectivity index (χ3v) is 3.80. The molecule has 3 aromatic rings. The second kappa shape index (κ2) is 4.88. The molecule has 0 saturated heterocycles. The highest BCUT2D eigenvalue weighted by Gasteiger charge is 2.07. The van der Waals surface area contributed by atoms with E-state index in [0.29, 0.717) is 6.54 Å². The van der Waals surface area contributed by atoms with Crippen molar-refractivity contribution in [3.8, 4) is 0 Å². The first kappa shape index (κ1) is 11.4. The maximum absolute atomic E-state index is 5.55. The number of imidazole rings is 1. The van der Waals surface area contributed by atoms with Crippen LogP contribution in [-0.4, -0.2) is 14.6 Å². The Hall–Kier alpha value is -1.72. The molecule has 0 unspecified atom stereocenters. The normalized spacial score (nSPS) is 11.2. The van der Waals surface area contributed by atoms with Crippen molar-refractivity contribution in [3.63, 3.8) is 0 Å². The molecule has 2 heterocycles. The SMILES string of the molecule is NCc1cn2nc(CCc3ccccc3)sc2n1. The van der Waals surface area contributed by atoms with Crippen molar-refractivity contribution in [2.24, 2.45) is 5.73 Å². The highest BCUT2D eigenvalue weighted by molar-refractivity contribution is 7.16. The van der Waals surface area contributed by atoms with Crippen LogP contribution in [0.5, 0.6) is 0 Å². The molecule has 0 aliphatic rings. The fraction of sp³-hybridized carbons (Fsp3) is 0.231. The van der Waals surface area contributed by atoms with Gasteiger partial charge in [-0.15, -0.1) is 0 Å². The standard InChI is InChI=1S/C13H14N4S/c14-8-11-9-17-13(15-11)18-12(16-17)7-6-10-4-2-1-3-5-10/h1-5,9H,6-8,14H2. The fourth-order valence-electron chi connectivity index (χ4n) is 1.88. The summed E-state index contributed by atoms with van der Waals surface area (Å²) in [5.41, 5.74) is 7.78. The third kappa shape index (κ3) is 2.27. The molecule has 0 aliphatic carbocycles. The minimum atomic E-state index is 0.468. The molecule has 0 bridgehead atoms. The molecule has 92 valence electrons. The number of hydrogen-bond acceptors (Lipinski definition) is 4. The number of aryl methyl sites for hydroxylation is 2. The van der Waals surface area contributed by atoms with Crippen molar-refractivity contribution in [2.45, 2.75) is 19.4 Å². The first-order valence-electron chi connectivity index (χ1n) is 5.93. The van der Waals surface area contributed by atoms with Crippen LogP contribution in [-0.2, 0) is 19.4 Å². The van der Waals surface area contributed by atoms with Crippen LogP contribution in [0.4, 0.5) is 0 Å². The van der Waals surface area contributed by atoms with Gasteiger partial charge in [0, 0.05) is 13.0 Å². The van der Waals surface area contributed by atoms with Crippen molar-refractivity contribution < 1.29 is 0 Å². The van der Waals surface area contributed by atoms with Gasteiger partial charge in [0.2, 0.25) is 4.96 Å². The summed E-state index contributed by atoms with van der Waals surface area (Å²) in [6, 6.07) is 10.5. The van der Waals surface area contributed by atoms with E-state index in [9.17, 15) is 0 Å². The van der Waals surface area contributed by atoms with Gasteiger partial charge in [0.1, 0.15) is 5.01 Å². The predicted molar refractivity (Wildman–Crippen MR) is 72.6 cm³/mol. The molecule has 0 radical (unpaired) electrons. The molecule has 2 N–H and O–H groups in total. The van der Waals surface area contributed by atoms with Gasteiger partial charge < -0.3 is 5.73 Å². The van der Waals surface area contributed by atoms with Crippen LogP contribution in [0, 0.1) is 0 Å². The van der Waals surface area contributed by atoms with Gasteiger partial charge in [0.15, 0.2) is 0 Å². The minimum Gasteiger partial charge on any atom is -0.325 e. The fourth-order valence-corrected chi connectivity index (χ4v) is 2.78. The molecule has 0 atom stereocenters. The molecule has 5 heteroatoms. The molecule has 2 aromatic heterocycles. The lowest BCUT2D eigenvalue weighted by atomic mass is 10.1. The summed E-state index contributed by atoms with van der Waals surface area (Å²) >= 11 is 1.64. The van der Waals surface area contributed by atoms with E-state index in [0.717, 1.165) is 28.5 Å². The van der Waals surface area contributed by atoms with Crippen LogP contribution >= 0.6 is 11.3 Å². The van der Waals surface area contributed by atoms with E-state index < -0.39 is 0 Å². The van der Waals surface area contributed by atoms with Gasteiger partial charge in [-0.25, -0.2) is 9.50 Å².